The number of thioether (sulfide) groups is 1. The first-order valence-corrected chi connectivity index (χ1v) is 9.90. The van der Waals surface area contributed by atoms with Crippen LogP contribution in [0.2, 0.25) is 5.02 Å². The summed E-state index contributed by atoms with van der Waals surface area (Å²) < 4.78 is 5.19. The van der Waals surface area contributed by atoms with Gasteiger partial charge in [0.2, 0.25) is 5.91 Å². The van der Waals surface area contributed by atoms with Crippen molar-refractivity contribution in [3.05, 3.63) is 34.9 Å². The number of halogens is 1. The Morgan fingerprint density at radius 3 is 3.00 bits per heavy atom. The molecule has 3 rings (SSSR count). The SMILES string of the molecule is O=C(NC[C@@H]1CN[C@H](C(=O)N2CCSC2)C1)OCc1ccccc1Cl. The van der Waals surface area contributed by atoms with E-state index in [9.17, 15) is 9.59 Å². The fourth-order valence-corrected chi connectivity index (χ4v) is 4.14. The van der Waals surface area contributed by atoms with E-state index in [0.29, 0.717) is 11.6 Å². The molecule has 25 heavy (non-hydrogen) atoms. The van der Waals surface area contributed by atoms with Gasteiger partial charge in [0, 0.05) is 36.0 Å². The van der Waals surface area contributed by atoms with Crippen LogP contribution in [0.5, 0.6) is 0 Å². The van der Waals surface area contributed by atoms with Crippen LogP contribution in [0, 0.1) is 5.92 Å². The van der Waals surface area contributed by atoms with Crippen LogP contribution in [0.15, 0.2) is 24.3 Å². The number of rotatable bonds is 5. The Morgan fingerprint density at radius 2 is 2.24 bits per heavy atom. The van der Waals surface area contributed by atoms with Crippen LogP contribution in [0.3, 0.4) is 0 Å². The summed E-state index contributed by atoms with van der Waals surface area (Å²) in [5, 5.41) is 6.61. The number of hydrogen-bond acceptors (Lipinski definition) is 5. The summed E-state index contributed by atoms with van der Waals surface area (Å²) in [5.41, 5.74) is 0.774. The van der Waals surface area contributed by atoms with Crippen LogP contribution in [0.4, 0.5) is 4.79 Å². The number of amides is 2. The lowest BCUT2D eigenvalue weighted by molar-refractivity contribution is -0.131. The van der Waals surface area contributed by atoms with E-state index in [2.05, 4.69) is 10.6 Å². The van der Waals surface area contributed by atoms with Gasteiger partial charge < -0.3 is 20.3 Å². The molecule has 0 saturated carbocycles. The summed E-state index contributed by atoms with van der Waals surface area (Å²) in [5.74, 6) is 2.21. The van der Waals surface area contributed by atoms with E-state index in [0.717, 1.165) is 36.7 Å². The zero-order valence-corrected chi connectivity index (χ0v) is 15.4. The molecule has 2 aliphatic rings. The highest BCUT2D eigenvalue weighted by Crippen LogP contribution is 2.20. The van der Waals surface area contributed by atoms with Crippen LogP contribution in [0.1, 0.15) is 12.0 Å². The molecule has 2 amide bonds. The predicted octanol–water partition coefficient (Wildman–Crippen LogP) is 2.08. The fourth-order valence-electron chi connectivity index (χ4n) is 3.00. The summed E-state index contributed by atoms with van der Waals surface area (Å²) >= 11 is 7.81. The first-order chi connectivity index (χ1) is 12.1. The van der Waals surface area contributed by atoms with E-state index in [1.807, 2.05) is 23.1 Å². The molecule has 0 bridgehead atoms. The smallest absolute Gasteiger partial charge is 0.407 e. The molecule has 0 aliphatic carbocycles. The number of carbonyl (C=O) groups excluding carboxylic acids is 2. The van der Waals surface area contributed by atoms with E-state index < -0.39 is 6.09 Å². The minimum Gasteiger partial charge on any atom is -0.445 e. The van der Waals surface area contributed by atoms with Gasteiger partial charge >= 0.3 is 6.09 Å². The Labute approximate surface area is 156 Å². The summed E-state index contributed by atoms with van der Waals surface area (Å²) in [6.45, 7) is 2.19. The van der Waals surface area contributed by atoms with Crippen LogP contribution in [-0.4, -0.2) is 54.2 Å². The van der Waals surface area contributed by atoms with Gasteiger partial charge in [0.05, 0.1) is 11.9 Å². The van der Waals surface area contributed by atoms with Crippen molar-refractivity contribution in [1.29, 1.82) is 0 Å². The number of carbonyl (C=O) groups is 2. The van der Waals surface area contributed by atoms with Gasteiger partial charge in [0.25, 0.3) is 0 Å². The molecular formula is C17H22ClN3O3S. The van der Waals surface area contributed by atoms with Crippen molar-refractivity contribution < 1.29 is 14.3 Å². The summed E-state index contributed by atoms with van der Waals surface area (Å²) in [6.07, 6.45) is 0.274. The highest BCUT2D eigenvalue weighted by atomic mass is 35.5. The van der Waals surface area contributed by atoms with E-state index >= 15 is 0 Å². The lowest BCUT2D eigenvalue weighted by Crippen LogP contribution is -2.42. The molecule has 136 valence electrons. The zero-order chi connectivity index (χ0) is 17.6. The van der Waals surface area contributed by atoms with Crippen LogP contribution < -0.4 is 10.6 Å². The van der Waals surface area contributed by atoms with Crippen molar-refractivity contribution >= 4 is 35.4 Å². The Hall–Kier alpha value is -1.44. The molecule has 2 heterocycles. The Kier molecular flexibility index (Phi) is 6.45. The number of ether oxygens (including phenoxy) is 1. The molecule has 0 unspecified atom stereocenters. The van der Waals surface area contributed by atoms with Gasteiger partial charge in [0.1, 0.15) is 6.61 Å². The molecule has 2 atom stereocenters. The third-order valence-electron chi connectivity index (χ3n) is 4.44. The molecular weight excluding hydrogens is 362 g/mol. The fraction of sp³-hybridized carbons (Fsp3) is 0.529. The summed E-state index contributed by atoms with van der Waals surface area (Å²) in [7, 11) is 0. The van der Waals surface area contributed by atoms with Crippen molar-refractivity contribution in [2.24, 2.45) is 5.92 Å². The molecule has 8 heteroatoms. The minimum absolute atomic E-state index is 0.135. The maximum Gasteiger partial charge on any atom is 0.407 e. The van der Waals surface area contributed by atoms with E-state index in [4.69, 9.17) is 16.3 Å². The highest BCUT2D eigenvalue weighted by molar-refractivity contribution is 7.99. The second kappa shape index (κ2) is 8.78. The normalized spacial score (nSPS) is 22.8. The number of benzene rings is 1. The van der Waals surface area contributed by atoms with Crippen LogP contribution in [0.25, 0.3) is 0 Å². The summed E-state index contributed by atoms with van der Waals surface area (Å²) in [4.78, 5) is 26.1. The standard InChI is InChI=1S/C17H22ClN3O3S/c18-14-4-2-1-3-13(14)10-24-17(23)20-9-12-7-15(19-8-12)16(22)21-5-6-25-11-21/h1-4,12,15,19H,5-11H2,(H,20,23)/t12-,15-/m0/s1. The third-order valence-corrected chi connectivity index (χ3v) is 5.77. The van der Waals surface area contributed by atoms with Gasteiger partial charge in [-0.05, 0) is 18.4 Å². The molecule has 2 fully saturated rings. The number of hydrogen-bond donors (Lipinski definition) is 2. The van der Waals surface area contributed by atoms with E-state index in [1.54, 1.807) is 17.8 Å². The second-order valence-corrected chi connectivity index (χ2v) is 7.73. The van der Waals surface area contributed by atoms with Gasteiger partial charge in [-0.25, -0.2) is 4.79 Å². The largest absolute Gasteiger partial charge is 0.445 e. The Bertz CT molecular complexity index is 625. The van der Waals surface area contributed by atoms with Gasteiger partial charge in [-0.3, -0.25) is 4.79 Å². The lowest BCUT2D eigenvalue weighted by atomic mass is 10.1. The molecule has 2 N–H and O–H groups in total. The lowest BCUT2D eigenvalue weighted by Gasteiger charge is -2.19. The molecule has 0 radical (unpaired) electrons. The Morgan fingerprint density at radius 1 is 1.40 bits per heavy atom. The van der Waals surface area contributed by atoms with Crippen molar-refractivity contribution in [3.8, 4) is 0 Å². The van der Waals surface area contributed by atoms with Crippen LogP contribution >= 0.6 is 23.4 Å². The van der Waals surface area contributed by atoms with Gasteiger partial charge in [-0.15, -0.1) is 11.8 Å². The summed E-state index contributed by atoms with van der Waals surface area (Å²) in [6, 6.07) is 7.13. The predicted molar refractivity (Wildman–Crippen MR) is 98.6 cm³/mol. The molecule has 2 saturated heterocycles. The molecule has 2 aliphatic heterocycles. The van der Waals surface area contributed by atoms with Crippen molar-refractivity contribution in [3.63, 3.8) is 0 Å². The number of nitrogens with one attached hydrogen (secondary N) is 2. The average molecular weight is 384 g/mol. The van der Waals surface area contributed by atoms with Crippen molar-refractivity contribution in [1.82, 2.24) is 15.5 Å². The number of alkyl carbamates (subject to hydrolysis) is 1. The van der Waals surface area contributed by atoms with Gasteiger partial charge in [0.15, 0.2) is 0 Å². The van der Waals surface area contributed by atoms with Crippen LogP contribution in [-0.2, 0) is 16.1 Å². The maximum atomic E-state index is 12.3. The molecule has 1 aromatic carbocycles. The molecule has 6 nitrogen and oxygen atoms in total. The molecule has 0 spiro atoms. The van der Waals surface area contributed by atoms with Gasteiger partial charge in [-0.2, -0.15) is 0 Å². The quantitative estimate of drug-likeness (QED) is 0.814. The first kappa shape index (κ1) is 18.4. The highest BCUT2D eigenvalue weighted by Gasteiger charge is 2.33. The third kappa shape index (κ3) is 5.03. The van der Waals surface area contributed by atoms with E-state index in [-0.39, 0.29) is 24.5 Å². The minimum atomic E-state index is -0.467. The van der Waals surface area contributed by atoms with E-state index in [1.165, 1.54) is 0 Å². The average Bonchev–Trinajstić information content (AvgIpc) is 3.30. The monoisotopic (exact) mass is 383 g/mol. The van der Waals surface area contributed by atoms with Gasteiger partial charge in [-0.1, -0.05) is 29.8 Å². The second-order valence-electron chi connectivity index (χ2n) is 6.25. The molecule has 1 aromatic rings. The first-order valence-electron chi connectivity index (χ1n) is 8.37. The topological polar surface area (TPSA) is 70.7 Å². The van der Waals surface area contributed by atoms with Crippen molar-refractivity contribution in [2.75, 3.05) is 31.3 Å². The Balaban J connectivity index is 1.37. The number of nitrogens with zero attached hydrogens (tertiary/aromatic N) is 1. The maximum absolute atomic E-state index is 12.3. The van der Waals surface area contributed by atoms with Crippen molar-refractivity contribution in [2.45, 2.75) is 19.1 Å². The molecule has 0 aromatic heterocycles. The zero-order valence-electron chi connectivity index (χ0n) is 13.9.